The fraction of sp³-hybridized carbons (Fsp3) is 0.791. The highest BCUT2D eigenvalue weighted by molar-refractivity contribution is 7.98. The average molecular weight is 944 g/mol. The van der Waals surface area contributed by atoms with Gasteiger partial charge in [-0.15, -0.1) is 0 Å². The third-order valence-corrected chi connectivity index (χ3v) is 9.86. The molecule has 0 aliphatic rings. The van der Waals surface area contributed by atoms with Crippen LogP contribution in [0, 0.1) is 59.2 Å². The predicted octanol–water partition coefficient (Wildman–Crippen LogP) is 1.26. The number of thioether (sulfide) groups is 1. The normalized spacial score (nSPS) is 13.8. The van der Waals surface area contributed by atoms with Crippen LogP contribution in [0.3, 0.4) is 0 Å². The number of aliphatic hydroxyl groups excluding tert-OH is 2. The Morgan fingerprint density at radius 1 is 0.562 bits per heavy atom. The minimum Gasteiger partial charge on any atom is -0.396 e. The molecule has 0 aliphatic heterocycles. The maximum Gasteiger partial charge on any atom is 0.222 e. The molecule has 9 unspecified atom stereocenters. The van der Waals surface area contributed by atoms with Crippen molar-refractivity contribution in [3.05, 3.63) is 0 Å². The second-order valence-corrected chi connectivity index (χ2v) is 17.1. The van der Waals surface area contributed by atoms with Crippen LogP contribution in [0.2, 0.25) is 0 Å². The van der Waals surface area contributed by atoms with E-state index in [9.17, 15) is 43.2 Å². The number of hydrogen-bond acceptors (Lipinski definition) is 12. The summed E-state index contributed by atoms with van der Waals surface area (Å²) in [6.07, 6.45) is 5.19. The van der Waals surface area contributed by atoms with E-state index in [2.05, 4.69) is 31.8 Å². The molecule has 0 aromatic rings. The molecule has 0 bridgehead atoms. The van der Waals surface area contributed by atoms with E-state index in [0.29, 0.717) is 37.1 Å². The highest BCUT2D eigenvalue weighted by Gasteiger charge is 2.15. The summed E-state index contributed by atoms with van der Waals surface area (Å²) in [5, 5.41) is 19.2. The number of carbonyl (C=O) groups excluding carboxylic acids is 9. The Bertz CT molecular complexity index is 1240. The Hall–Kier alpha value is -4.50. The van der Waals surface area contributed by atoms with E-state index in [1.54, 1.807) is 39.5 Å². The van der Waals surface area contributed by atoms with Crippen molar-refractivity contribution in [2.75, 3.05) is 25.2 Å². The summed E-state index contributed by atoms with van der Waals surface area (Å²) in [4.78, 5) is 91.5. The zero-order valence-electron chi connectivity index (χ0n) is 42.0. The molecule has 0 aromatic carbocycles. The molecule has 0 saturated carbocycles. The first kappa shape index (κ1) is 76.8. The predicted molar refractivity (Wildman–Crippen MR) is 258 cm³/mol. The summed E-state index contributed by atoms with van der Waals surface area (Å²) in [6, 6.07) is 0. The van der Waals surface area contributed by atoms with Crippen LogP contribution in [0.15, 0.2) is 0 Å². The summed E-state index contributed by atoms with van der Waals surface area (Å²) in [5.41, 5.74) is 39.3. The number of aliphatic hydroxyl groups is 2. The summed E-state index contributed by atoms with van der Waals surface area (Å²) >= 11 is 1.74. The van der Waals surface area contributed by atoms with Crippen LogP contribution in [0.25, 0.3) is 0 Å². The summed E-state index contributed by atoms with van der Waals surface area (Å²) in [7, 11) is 0. The zero-order valence-corrected chi connectivity index (χ0v) is 42.8. The van der Waals surface area contributed by atoms with Gasteiger partial charge in [-0.2, -0.15) is 11.8 Å². The van der Waals surface area contributed by atoms with Crippen molar-refractivity contribution in [2.45, 2.75) is 136 Å². The summed E-state index contributed by atoms with van der Waals surface area (Å²) in [6.45, 7) is 27.9. The third kappa shape index (κ3) is 64.1. The second kappa shape index (κ2) is 49.5. The van der Waals surface area contributed by atoms with Crippen LogP contribution in [0.5, 0.6) is 0 Å². The van der Waals surface area contributed by atoms with Crippen LogP contribution in [0.1, 0.15) is 130 Å². The number of primary amides is 8. The molecular weight excluding hydrogens is 851 g/mol. The van der Waals surface area contributed by atoms with E-state index in [0.717, 1.165) is 25.0 Å². The van der Waals surface area contributed by atoms with Gasteiger partial charge in [0.25, 0.3) is 0 Å². The maximum absolute atomic E-state index is 10.5. The maximum atomic E-state index is 10.5. The first-order valence-electron chi connectivity index (χ1n) is 21.3. The van der Waals surface area contributed by atoms with Crippen molar-refractivity contribution in [1.82, 2.24) is 5.32 Å². The van der Waals surface area contributed by atoms with E-state index in [-0.39, 0.29) is 65.7 Å². The Morgan fingerprint density at radius 2 is 0.922 bits per heavy atom. The molecule has 0 aliphatic carbocycles. The van der Waals surface area contributed by atoms with Gasteiger partial charge in [0, 0.05) is 36.6 Å². The van der Waals surface area contributed by atoms with E-state index >= 15 is 0 Å². The molecule has 19 N–H and O–H groups in total. The molecule has 0 radical (unpaired) electrons. The van der Waals surface area contributed by atoms with Gasteiger partial charge in [-0.1, -0.05) is 103 Å². The van der Waals surface area contributed by atoms with Crippen LogP contribution in [0.4, 0.5) is 0 Å². The molecule has 20 nitrogen and oxygen atoms in total. The molecule has 21 heteroatoms. The molecule has 64 heavy (non-hydrogen) atoms. The molecule has 0 saturated heterocycles. The van der Waals surface area contributed by atoms with Crippen molar-refractivity contribution < 1.29 is 53.4 Å². The molecule has 0 aromatic heterocycles. The number of hydrogen-bond donors (Lipinski definition) is 11. The highest BCUT2D eigenvalue weighted by Crippen LogP contribution is 2.13. The molecule has 382 valence electrons. The van der Waals surface area contributed by atoms with Crippen LogP contribution in [-0.4, -0.2) is 95.1 Å². The topological polar surface area (TPSA) is 414 Å². The minimum atomic E-state index is -0.632. The van der Waals surface area contributed by atoms with Gasteiger partial charge in [0.05, 0.1) is 30.5 Å². The number of nitrogens with one attached hydrogen (secondary N) is 1. The van der Waals surface area contributed by atoms with Gasteiger partial charge in [-0.05, 0) is 49.5 Å². The van der Waals surface area contributed by atoms with Gasteiger partial charge in [-0.25, -0.2) is 0 Å². The third-order valence-electron chi connectivity index (χ3n) is 9.22. The number of nitrogens with two attached hydrogens (primary N) is 8. The van der Waals surface area contributed by atoms with Crippen LogP contribution >= 0.6 is 11.8 Å². The number of carbonyl (C=O) groups is 9. The molecule has 9 atom stereocenters. The lowest BCUT2D eigenvalue weighted by molar-refractivity contribution is -0.124. The van der Waals surface area contributed by atoms with E-state index < -0.39 is 35.7 Å². The SMILES string of the molecule is CC(C)C(C)C(N)=O.CC(C)CC(C)C(N)=O.CC(CNC=O)C(N)=O.CC(CO)C(N)=O.CC(O)C(C)C(N)=O.CCC(C)C(C)C(N)=O.CCC(N)=O.CSCCC(C)C(N)=O. The van der Waals surface area contributed by atoms with Crippen LogP contribution in [-0.2, 0) is 43.2 Å². The monoisotopic (exact) mass is 944 g/mol. The van der Waals surface area contributed by atoms with Gasteiger partial charge >= 0.3 is 0 Å². The van der Waals surface area contributed by atoms with E-state index in [1.165, 1.54) is 6.92 Å². The van der Waals surface area contributed by atoms with Crippen molar-refractivity contribution in [3.63, 3.8) is 0 Å². The van der Waals surface area contributed by atoms with Gasteiger partial charge in [0.2, 0.25) is 53.7 Å². The van der Waals surface area contributed by atoms with Gasteiger partial charge in [0.1, 0.15) is 0 Å². The Balaban J connectivity index is -0.0000000938. The number of amides is 9. The minimum absolute atomic E-state index is 0.00926. The first-order valence-corrected chi connectivity index (χ1v) is 22.7. The second-order valence-electron chi connectivity index (χ2n) is 16.1. The van der Waals surface area contributed by atoms with Crippen LogP contribution < -0.4 is 51.2 Å². The van der Waals surface area contributed by atoms with Gasteiger partial charge < -0.3 is 61.4 Å². The standard InChI is InChI=1S/2C7H15NO.C6H13NOS.C6H13NO.C5H10N2O2.C5H11NO2.C4H9NO2.C3H7NO/c1-5(2)4-6(3)7(8)9;1-4-5(2)6(3)7(8)9;1-5(6(7)8)3-4-9-2;1-4(2)5(3)6(7)8;1-4(5(6)9)2-7-3-8;1-3(4(2)7)5(6)8;1-3(2-6)4(5)7;1-2-3(4)5/h2*5-6H,4H2,1-3H3,(H2,8,9);5H,3-4H2,1-2H3,(H2,7,8);4-5H,1-3H3,(H2,7,8);3-4H,2H2,1H3,(H2,6,9)(H,7,8);3-4,7H,1-2H3,(H2,6,8);3,6H,2H2,1H3,(H2,5,7);2H2,1H3,(H2,4,5). The Labute approximate surface area is 389 Å². The fourth-order valence-corrected chi connectivity index (χ4v) is 3.47. The largest absolute Gasteiger partial charge is 0.396 e. The molecular formula is C43H93N9O11S. The lowest BCUT2D eigenvalue weighted by Crippen LogP contribution is -2.30. The highest BCUT2D eigenvalue weighted by atomic mass is 32.2. The molecule has 0 heterocycles. The Kier molecular flexibility index (Phi) is 59.4. The lowest BCUT2D eigenvalue weighted by Gasteiger charge is -2.13. The van der Waals surface area contributed by atoms with E-state index in [4.69, 9.17) is 50.3 Å². The first-order chi connectivity index (χ1) is 29.0. The molecule has 9 amide bonds. The van der Waals surface area contributed by atoms with Gasteiger partial charge in [-0.3, -0.25) is 43.2 Å². The lowest BCUT2D eigenvalue weighted by atomic mass is 9.93. The van der Waals surface area contributed by atoms with Crippen molar-refractivity contribution in [3.8, 4) is 0 Å². The number of rotatable bonds is 21. The molecule has 0 fully saturated rings. The quantitative estimate of drug-likeness (QED) is 0.0725. The smallest absolute Gasteiger partial charge is 0.222 e. The zero-order chi connectivity index (χ0) is 53.0. The summed E-state index contributed by atoms with van der Waals surface area (Å²) < 4.78 is 0. The van der Waals surface area contributed by atoms with Gasteiger partial charge in [0.15, 0.2) is 0 Å². The average Bonchev–Trinajstić information content (AvgIpc) is 3.21. The molecule has 0 rings (SSSR count). The fourth-order valence-electron chi connectivity index (χ4n) is 2.88. The van der Waals surface area contributed by atoms with E-state index in [1.807, 2.05) is 54.7 Å². The Morgan fingerprint density at radius 3 is 1.05 bits per heavy atom. The molecule has 0 spiro atoms. The van der Waals surface area contributed by atoms with Crippen molar-refractivity contribution in [2.24, 2.45) is 105 Å². The van der Waals surface area contributed by atoms with Crippen molar-refractivity contribution >= 4 is 65.4 Å². The van der Waals surface area contributed by atoms with Crippen molar-refractivity contribution in [1.29, 1.82) is 0 Å². The summed E-state index contributed by atoms with van der Waals surface area (Å²) in [5.74, 6) is -0.988.